The highest BCUT2D eigenvalue weighted by atomic mass is 32.2. The molecule has 0 amide bonds. The Morgan fingerprint density at radius 3 is 2.90 bits per heavy atom. The van der Waals surface area contributed by atoms with Gasteiger partial charge in [0.15, 0.2) is 0 Å². The lowest BCUT2D eigenvalue weighted by Gasteiger charge is -2.08. The number of aryl methyl sites for hydroxylation is 1. The van der Waals surface area contributed by atoms with Gasteiger partial charge >= 0.3 is 0 Å². The topological polar surface area (TPSA) is 88.9 Å². The molecule has 0 radical (unpaired) electrons. The van der Waals surface area contributed by atoms with E-state index in [1.165, 1.54) is 18.3 Å². The first kappa shape index (κ1) is 14.5. The molecule has 0 unspecified atom stereocenters. The van der Waals surface area contributed by atoms with Crippen molar-refractivity contribution in [2.75, 3.05) is 18.9 Å². The molecule has 7 nitrogen and oxygen atoms in total. The van der Waals surface area contributed by atoms with Crippen LogP contribution >= 0.6 is 0 Å². The summed E-state index contributed by atoms with van der Waals surface area (Å²) >= 11 is 0. The van der Waals surface area contributed by atoms with Crippen LogP contribution in [0.4, 0.5) is 5.82 Å². The van der Waals surface area contributed by atoms with E-state index in [0.29, 0.717) is 25.3 Å². The standard InChI is InChI=1S/C12H17N5O2S/c1-13-12-10-11(4-7-14-12)20(18,19)16-6-3-9-17-8-2-5-15-17/h2,4-5,7-8,10,16H,3,6,9H2,1H3,(H,13,14). The van der Waals surface area contributed by atoms with Gasteiger partial charge in [0.05, 0.1) is 4.90 Å². The summed E-state index contributed by atoms with van der Waals surface area (Å²) in [6.07, 6.45) is 5.67. The minimum Gasteiger partial charge on any atom is -0.373 e. The summed E-state index contributed by atoms with van der Waals surface area (Å²) < 4.78 is 28.5. The average molecular weight is 295 g/mol. The van der Waals surface area contributed by atoms with E-state index in [1.807, 2.05) is 12.3 Å². The maximum atomic E-state index is 12.1. The minimum absolute atomic E-state index is 0.205. The molecule has 0 spiro atoms. The van der Waals surface area contributed by atoms with Crippen molar-refractivity contribution < 1.29 is 8.42 Å². The Labute approximate surface area is 118 Å². The molecule has 2 heterocycles. The molecule has 0 aliphatic heterocycles. The number of anilines is 1. The van der Waals surface area contributed by atoms with Gasteiger partial charge in [0, 0.05) is 44.8 Å². The Morgan fingerprint density at radius 2 is 2.20 bits per heavy atom. The van der Waals surface area contributed by atoms with Crippen LogP contribution in [0.3, 0.4) is 0 Å². The second-order valence-electron chi connectivity index (χ2n) is 4.15. The molecule has 2 aromatic heterocycles. The molecular formula is C12H17N5O2S. The molecule has 2 aromatic rings. The van der Waals surface area contributed by atoms with Crippen LogP contribution in [-0.4, -0.2) is 36.8 Å². The molecular weight excluding hydrogens is 278 g/mol. The van der Waals surface area contributed by atoms with Gasteiger partial charge < -0.3 is 5.32 Å². The highest BCUT2D eigenvalue weighted by molar-refractivity contribution is 7.89. The molecule has 108 valence electrons. The molecule has 0 fully saturated rings. The van der Waals surface area contributed by atoms with Gasteiger partial charge in [0.25, 0.3) is 0 Å². The maximum Gasteiger partial charge on any atom is 0.240 e. The van der Waals surface area contributed by atoms with Gasteiger partial charge in [0.2, 0.25) is 10.0 Å². The monoisotopic (exact) mass is 295 g/mol. The third-order valence-corrected chi connectivity index (χ3v) is 4.17. The zero-order chi connectivity index (χ0) is 14.4. The lowest BCUT2D eigenvalue weighted by Crippen LogP contribution is -2.25. The van der Waals surface area contributed by atoms with Crippen LogP contribution in [0.2, 0.25) is 0 Å². The number of hydrogen-bond donors (Lipinski definition) is 2. The highest BCUT2D eigenvalue weighted by Gasteiger charge is 2.13. The van der Waals surface area contributed by atoms with Crippen LogP contribution in [0.1, 0.15) is 6.42 Å². The van der Waals surface area contributed by atoms with Crippen LogP contribution in [0, 0.1) is 0 Å². The summed E-state index contributed by atoms with van der Waals surface area (Å²) in [5.74, 6) is 0.518. The molecule has 2 rings (SSSR count). The number of aromatic nitrogens is 3. The second kappa shape index (κ2) is 6.49. The van der Waals surface area contributed by atoms with Gasteiger partial charge in [-0.1, -0.05) is 0 Å². The van der Waals surface area contributed by atoms with Crippen LogP contribution in [-0.2, 0) is 16.6 Å². The average Bonchev–Trinajstić information content (AvgIpc) is 2.97. The predicted molar refractivity (Wildman–Crippen MR) is 75.8 cm³/mol. The summed E-state index contributed by atoms with van der Waals surface area (Å²) in [6.45, 7) is 1.03. The van der Waals surface area contributed by atoms with Crippen molar-refractivity contribution >= 4 is 15.8 Å². The number of nitrogens with one attached hydrogen (secondary N) is 2. The Morgan fingerprint density at radius 1 is 1.35 bits per heavy atom. The first-order valence-corrected chi connectivity index (χ1v) is 7.71. The lowest BCUT2D eigenvalue weighted by molar-refractivity contribution is 0.553. The van der Waals surface area contributed by atoms with Crippen molar-refractivity contribution in [3.63, 3.8) is 0 Å². The number of rotatable bonds is 7. The highest BCUT2D eigenvalue weighted by Crippen LogP contribution is 2.11. The van der Waals surface area contributed by atoms with E-state index < -0.39 is 10.0 Å². The Balaban J connectivity index is 1.90. The molecule has 8 heteroatoms. The smallest absolute Gasteiger partial charge is 0.240 e. The van der Waals surface area contributed by atoms with Gasteiger partial charge in [-0.2, -0.15) is 5.10 Å². The fraction of sp³-hybridized carbons (Fsp3) is 0.333. The predicted octanol–water partition coefficient (Wildman–Crippen LogP) is 0.688. The summed E-state index contributed by atoms with van der Waals surface area (Å²) in [4.78, 5) is 4.19. The van der Waals surface area contributed by atoms with Gasteiger partial charge in [-0.15, -0.1) is 0 Å². The molecule has 20 heavy (non-hydrogen) atoms. The van der Waals surface area contributed by atoms with Crippen LogP contribution in [0.15, 0.2) is 41.7 Å². The molecule has 0 saturated carbocycles. The largest absolute Gasteiger partial charge is 0.373 e. The number of hydrogen-bond acceptors (Lipinski definition) is 5. The van der Waals surface area contributed by atoms with Crippen molar-refractivity contribution in [1.29, 1.82) is 0 Å². The van der Waals surface area contributed by atoms with Crippen molar-refractivity contribution in [2.45, 2.75) is 17.9 Å². The van der Waals surface area contributed by atoms with Crippen molar-refractivity contribution in [3.8, 4) is 0 Å². The van der Waals surface area contributed by atoms with E-state index in [9.17, 15) is 8.42 Å². The third kappa shape index (κ3) is 3.78. The number of nitrogens with zero attached hydrogens (tertiary/aromatic N) is 3. The second-order valence-corrected chi connectivity index (χ2v) is 5.91. The maximum absolute atomic E-state index is 12.1. The van der Waals surface area contributed by atoms with Gasteiger partial charge in [-0.25, -0.2) is 18.1 Å². The van der Waals surface area contributed by atoms with E-state index in [-0.39, 0.29) is 4.90 Å². The Hall–Kier alpha value is -1.93. The molecule has 2 N–H and O–H groups in total. The van der Waals surface area contributed by atoms with Crippen molar-refractivity contribution in [1.82, 2.24) is 19.5 Å². The van der Waals surface area contributed by atoms with E-state index in [0.717, 1.165) is 0 Å². The Kier molecular flexibility index (Phi) is 4.70. The third-order valence-electron chi connectivity index (χ3n) is 2.71. The normalized spacial score (nSPS) is 11.4. The fourth-order valence-electron chi connectivity index (χ4n) is 1.68. The van der Waals surface area contributed by atoms with Crippen molar-refractivity contribution in [2.24, 2.45) is 0 Å². The zero-order valence-electron chi connectivity index (χ0n) is 11.2. The quantitative estimate of drug-likeness (QED) is 0.734. The summed E-state index contributed by atoms with van der Waals surface area (Å²) in [6, 6.07) is 4.80. The molecule has 0 bridgehead atoms. The molecule has 0 aliphatic rings. The summed E-state index contributed by atoms with van der Waals surface area (Å²) in [5, 5.41) is 6.86. The van der Waals surface area contributed by atoms with Crippen LogP contribution in [0.5, 0.6) is 0 Å². The Bertz CT molecular complexity index is 640. The SMILES string of the molecule is CNc1cc(S(=O)(=O)NCCCn2cccn2)ccn1. The lowest BCUT2D eigenvalue weighted by atomic mass is 10.4. The molecule has 0 aliphatic carbocycles. The van der Waals surface area contributed by atoms with E-state index >= 15 is 0 Å². The van der Waals surface area contributed by atoms with Crippen molar-refractivity contribution in [3.05, 3.63) is 36.8 Å². The van der Waals surface area contributed by atoms with Crippen LogP contribution in [0.25, 0.3) is 0 Å². The molecule has 0 atom stereocenters. The zero-order valence-corrected chi connectivity index (χ0v) is 12.0. The van der Waals surface area contributed by atoms with Gasteiger partial charge in [0.1, 0.15) is 5.82 Å². The first-order chi connectivity index (χ1) is 9.62. The van der Waals surface area contributed by atoms with E-state index in [1.54, 1.807) is 17.9 Å². The fourth-order valence-corrected chi connectivity index (χ4v) is 2.77. The number of pyridine rings is 1. The van der Waals surface area contributed by atoms with E-state index in [2.05, 4.69) is 20.1 Å². The summed E-state index contributed by atoms with van der Waals surface area (Å²) in [5.41, 5.74) is 0. The number of sulfonamides is 1. The molecule has 0 aromatic carbocycles. The minimum atomic E-state index is -3.49. The van der Waals surface area contributed by atoms with E-state index in [4.69, 9.17) is 0 Å². The van der Waals surface area contributed by atoms with Gasteiger partial charge in [-0.3, -0.25) is 4.68 Å². The van der Waals surface area contributed by atoms with Gasteiger partial charge in [-0.05, 0) is 18.6 Å². The first-order valence-electron chi connectivity index (χ1n) is 6.23. The summed E-state index contributed by atoms with van der Waals surface area (Å²) in [7, 11) is -1.80. The molecule has 0 saturated heterocycles. The van der Waals surface area contributed by atoms with Crippen LogP contribution < -0.4 is 10.0 Å².